The molecule has 2 rings (SSSR count). The number of nitrogens with zero attached hydrogens (tertiary/aromatic N) is 1. The van der Waals surface area contributed by atoms with Gasteiger partial charge in [0, 0.05) is 18.2 Å². The van der Waals surface area contributed by atoms with Crippen LogP contribution in [0.25, 0.3) is 0 Å². The fourth-order valence-electron chi connectivity index (χ4n) is 2.30. The number of hydrogen-bond donors (Lipinski definition) is 1. The Morgan fingerprint density at radius 1 is 1.19 bits per heavy atom. The molecule has 4 heteroatoms. The zero-order chi connectivity index (χ0) is 15.2. The average molecular weight is 284 g/mol. The molecule has 21 heavy (non-hydrogen) atoms. The van der Waals surface area contributed by atoms with Gasteiger partial charge in [-0.2, -0.15) is 0 Å². The van der Waals surface area contributed by atoms with E-state index in [2.05, 4.69) is 43.4 Å². The topological polar surface area (TPSA) is 55.2 Å². The number of nitro groups is 1. The van der Waals surface area contributed by atoms with Crippen LogP contribution < -0.4 is 5.32 Å². The van der Waals surface area contributed by atoms with E-state index in [1.54, 1.807) is 12.1 Å². The summed E-state index contributed by atoms with van der Waals surface area (Å²) in [7, 11) is 0. The third-order valence-electron chi connectivity index (χ3n) is 3.55. The second-order valence-corrected chi connectivity index (χ2v) is 5.26. The Bertz CT molecular complexity index is 608. The molecule has 0 saturated carbocycles. The average Bonchev–Trinajstić information content (AvgIpc) is 2.47. The summed E-state index contributed by atoms with van der Waals surface area (Å²) < 4.78 is 0. The zero-order valence-corrected chi connectivity index (χ0v) is 12.4. The van der Waals surface area contributed by atoms with E-state index in [-0.39, 0.29) is 16.7 Å². The van der Waals surface area contributed by atoms with E-state index < -0.39 is 0 Å². The lowest BCUT2D eigenvalue weighted by molar-refractivity contribution is -0.384. The number of non-ortho nitro benzene ring substituents is 1. The van der Waals surface area contributed by atoms with Crippen molar-refractivity contribution in [3.05, 3.63) is 75.3 Å². The first kappa shape index (κ1) is 15.2. The highest BCUT2D eigenvalue weighted by Crippen LogP contribution is 2.17. The minimum absolute atomic E-state index is 0.130. The van der Waals surface area contributed by atoms with Gasteiger partial charge in [0.15, 0.2) is 0 Å². The van der Waals surface area contributed by atoms with E-state index in [0.717, 1.165) is 18.5 Å². The van der Waals surface area contributed by atoms with Crippen LogP contribution in [-0.4, -0.2) is 11.5 Å². The van der Waals surface area contributed by atoms with Crippen molar-refractivity contribution < 1.29 is 4.92 Å². The summed E-state index contributed by atoms with van der Waals surface area (Å²) in [5.74, 6) is 0. The first-order valence-electron chi connectivity index (χ1n) is 7.09. The summed E-state index contributed by atoms with van der Waals surface area (Å²) in [6.45, 7) is 5.04. The maximum Gasteiger partial charge on any atom is 0.269 e. The Kier molecular flexibility index (Phi) is 5.06. The highest BCUT2D eigenvalue weighted by molar-refractivity contribution is 5.34. The largest absolute Gasteiger partial charge is 0.310 e. The Labute approximate surface area is 125 Å². The third kappa shape index (κ3) is 4.39. The molecule has 0 fully saturated rings. The zero-order valence-electron chi connectivity index (χ0n) is 12.4. The fourth-order valence-corrected chi connectivity index (χ4v) is 2.30. The molecule has 0 bridgehead atoms. The molecule has 0 aromatic heterocycles. The second kappa shape index (κ2) is 6.99. The number of hydrogen-bond acceptors (Lipinski definition) is 3. The summed E-state index contributed by atoms with van der Waals surface area (Å²) in [6.07, 6.45) is 0.971. The number of nitrogens with one attached hydrogen (secondary N) is 1. The number of benzene rings is 2. The smallest absolute Gasteiger partial charge is 0.269 e. The normalized spacial score (nSPS) is 12.1. The molecule has 0 heterocycles. The van der Waals surface area contributed by atoms with Crippen molar-refractivity contribution in [1.82, 2.24) is 5.32 Å². The van der Waals surface area contributed by atoms with Gasteiger partial charge in [0.2, 0.25) is 0 Å². The van der Waals surface area contributed by atoms with E-state index in [0.29, 0.717) is 0 Å². The van der Waals surface area contributed by atoms with Gasteiger partial charge in [-0.15, -0.1) is 0 Å². The molecule has 1 atom stereocenters. The number of aryl methyl sites for hydroxylation is 1. The molecule has 0 aliphatic heterocycles. The molecule has 4 nitrogen and oxygen atoms in total. The van der Waals surface area contributed by atoms with E-state index in [1.807, 2.05) is 12.1 Å². The Balaban J connectivity index is 1.86. The Morgan fingerprint density at radius 2 is 1.90 bits per heavy atom. The van der Waals surface area contributed by atoms with Gasteiger partial charge in [-0.05, 0) is 37.9 Å². The van der Waals surface area contributed by atoms with Gasteiger partial charge < -0.3 is 5.32 Å². The molecule has 2 aromatic rings. The first-order valence-corrected chi connectivity index (χ1v) is 7.09. The predicted octanol–water partition coefficient (Wildman–Crippen LogP) is 3.80. The predicted molar refractivity (Wildman–Crippen MR) is 84.4 cm³/mol. The lowest BCUT2D eigenvalue weighted by atomic mass is 10.1. The fraction of sp³-hybridized carbons (Fsp3) is 0.294. The van der Waals surface area contributed by atoms with E-state index in [9.17, 15) is 10.1 Å². The lowest BCUT2D eigenvalue weighted by Crippen LogP contribution is -2.21. The van der Waals surface area contributed by atoms with Gasteiger partial charge in [-0.1, -0.05) is 42.0 Å². The van der Waals surface area contributed by atoms with Crippen LogP contribution >= 0.6 is 0 Å². The van der Waals surface area contributed by atoms with Crippen LogP contribution in [0.2, 0.25) is 0 Å². The van der Waals surface area contributed by atoms with Crippen molar-refractivity contribution in [3.63, 3.8) is 0 Å². The molecule has 1 N–H and O–H groups in total. The van der Waals surface area contributed by atoms with Gasteiger partial charge in [-0.3, -0.25) is 10.1 Å². The quantitative estimate of drug-likeness (QED) is 0.648. The minimum atomic E-state index is -0.375. The SMILES string of the molecule is Cc1cccc(CCNC(C)c2ccc([N+](=O)[O-])cc2)c1. The molecule has 0 saturated heterocycles. The summed E-state index contributed by atoms with van der Waals surface area (Å²) >= 11 is 0. The van der Waals surface area contributed by atoms with Crippen molar-refractivity contribution in [3.8, 4) is 0 Å². The minimum Gasteiger partial charge on any atom is -0.310 e. The Morgan fingerprint density at radius 3 is 2.52 bits per heavy atom. The standard InChI is InChI=1S/C17H20N2O2/c1-13-4-3-5-15(12-13)10-11-18-14(2)16-6-8-17(9-7-16)19(20)21/h3-9,12,14,18H,10-11H2,1-2H3. The summed E-state index contributed by atoms with van der Waals surface area (Å²) in [4.78, 5) is 10.3. The van der Waals surface area contributed by atoms with Gasteiger partial charge in [0.25, 0.3) is 5.69 Å². The second-order valence-electron chi connectivity index (χ2n) is 5.26. The molecule has 1 unspecified atom stereocenters. The highest BCUT2D eigenvalue weighted by Gasteiger charge is 2.08. The number of rotatable bonds is 6. The van der Waals surface area contributed by atoms with Crippen molar-refractivity contribution in [2.75, 3.05) is 6.54 Å². The first-order chi connectivity index (χ1) is 10.1. The van der Waals surface area contributed by atoms with E-state index in [4.69, 9.17) is 0 Å². The van der Waals surface area contributed by atoms with Crippen molar-refractivity contribution >= 4 is 5.69 Å². The monoisotopic (exact) mass is 284 g/mol. The van der Waals surface area contributed by atoms with Crippen molar-refractivity contribution in [2.45, 2.75) is 26.3 Å². The third-order valence-corrected chi connectivity index (χ3v) is 3.55. The van der Waals surface area contributed by atoms with Crippen LogP contribution in [0.5, 0.6) is 0 Å². The summed E-state index contributed by atoms with van der Waals surface area (Å²) in [6, 6.07) is 15.4. The van der Waals surface area contributed by atoms with Crippen molar-refractivity contribution in [2.24, 2.45) is 0 Å². The van der Waals surface area contributed by atoms with E-state index >= 15 is 0 Å². The van der Waals surface area contributed by atoms with Crippen LogP contribution in [0.4, 0.5) is 5.69 Å². The maximum atomic E-state index is 10.6. The van der Waals surface area contributed by atoms with Crippen LogP contribution in [0, 0.1) is 17.0 Å². The molecular weight excluding hydrogens is 264 g/mol. The molecule has 110 valence electrons. The molecule has 0 amide bonds. The van der Waals surface area contributed by atoms with Gasteiger partial charge in [-0.25, -0.2) is 0 Å². The molecule has 0 radical (unpaired) electrons. The molecule has 0 aliphatic rings. The van der Waals surface area contributed by atoms with Crippen LogP contribution in [0.1, 0.15) is 29.7 Å². The van der Waals surface area contributed by atoms with Crippen LogP contribution in [0.15, 0.2) is 48.5 Å². The summed E-state index contributed by atoms with van der Waals surface area (Å²) in [5.41, 5.74) is 3.78. The highest BCUT2D eigenvalue weighted by atomic mass is 16.6. The molecule has 0 aliphatic carbocycles. The van der Waals surface area contributed by atoms with E-state index in [1.165, 1.54) is 11.1 Å². The van der Waals surface area contributed by atoms with Crippen LogP contribution in [-0.2, 0) is 6.42 Å². The Hall–Kier alpha value is -2.20. The lowest BCUT2D eigenvalue weighted by Gasteiger charge is -2.14. The summed E-state index contributed by atoms with van der Waals surface area (Å²) in [5, 5.41) is 14.1. The van der Waals surface area contributed by atoms with Gasteiger partial charge in [0.1, 0.15) is 0 Å². The van der Waals surface area contributed by atoms with Gasteiger partial charge in [0.05, 0.1) is 4.92 Å². The molecule has 0 spiro atoms. The maximum absolute atomic E-state index is 10.6. The molecule has 2 aromatic carbocycles. The van der Waals surface area contributed by atoms with Gasteiger partial charge >= 0.3 is 0 Å². The van der Waals surface area contributed by atoms with Crippen LogP contribution in [0.3, 0.4) is 0 Å². The van der Waals surface area contributed by atoms with Crippen molar-refractivity contribution in [1.29, 1.82) is 0 Å². The molecular formula is C17H20N2O2. The number of nitro benzene ring substituents is 1.